The molecule has 1 unspecified atom stereocenters. The summed E-state index contributed by atoms with van der Waals surface area (Å²) in [6, 6.07) is 12.6. The molecule has 0 saturated carbocycles. The summed E-state index contributed by atoms with van der Waals surface area (Å²) in [5, 5.41) is 8.17. The highest BCUT2D eigenvalue weighted by atomic mass is 16.3. The third-order valence-electron chi connectivity index (χ3n) is 3.09. The molecule has 3 amide bonds. The molecule has 0 bridgehead atoms. The Bertz CT molecular complexity index is 596. The molecule has 0 fully saturated rings. The number of hydrogen-bond acceptors (Lipinski definition) is 3. The van der Waals surface area contributed by atoms with Crippen LogP contribution in [-0.4, -0.2) is 25.0 Å². The van der Waals surface area contributed by atoms with Crippen LogP contribution in [0.1, 0.15) is 29.1 Å². The molecule has 116 valence electrons. The van der Waals surface area contributed by atoms with Crippen molar-refractivity contribution < 1.29 is 14.0 Å². The molecule has 22 heavy (non-hydrogen) atoms. The van der Waals surface area contributed by atoms with Crippen LogP contribution >= 0.6 is 0 Å². The van der Waals surface area contributed by atoms with Gasteiger partial charge in [-0.05, 0) is 24.6 Å². The van der Waals surface area contributed by atoms with E-state index in [0.717, 1.165) is 5.56 Å². The predicted octanol–water partition coefficient (Wildman–Crippen LogP) is 2.07. The molecule has 1 heterocycles. The summed E-state index contributed by atoms with van der Waals surface area (Å²) < 4.78 is 4.96. The van der Waals surface area contributed by atoms with Crippen LogP contribution in [0.25, 0.3) is 0 Å². The molecule has 1 aromatic heterocycles. The van der Waals surface area contributed by atoms with Gasteiger partial charge in [-0.25, -0.2) is 4.79 Å². The summed E-state index contributed by atoms with van der Waals surface area (Å²) in [6.07, 6.45) is 1.44. The van der Waals surface area contributed by atoms with Crippen LogP contribution in [0.5, 0.6) is 0 Å². The van der Waals surface area contributed by atoms with E-state index in [1.165, 1.54) is 6.26 Å². The standard InChI is InChI=1S/C16H19N3O3/c1-12(13-6-3-2-4-7-13)19-16(21)18-10-9-17-15(20)14-8-5-11-22-14/h2-8,11-12H,9-10H2,1H3,(H,17,20)(H2,18,19,21). The number of benzene rings is 1. The number of nitrogens with one attached hydrogen (secondary N) is 3. The fourth-order valence-corrected chi connectivity index (χ4v) is 1.92. The molecule has 0 spiro atoms. The maximum atomic E-state index is 11.7. The second kappa shape index (κ2) is 7.87. The van der Waals surface area contributed by atoms with Gasteiger partial charge in [0.2, 0.25) is 0 Å². The maximum absolute atomic E-state index is 11.7. The Labute approximate surface area is 128 Å². The van der Waals surface area contributed by atoms with Crippen LogP contribution in [0, 0.1) is 0 Å². The van der Waals surface area contributed by atoms with Crippen molar-refractivity contribution in [2.75, 3.05) is 13.1 Å². The summed E-state index contributed by atoms with van der Waals surface area (Å²) in [6.45, 7) is 2.57. The fourth-order valence-electron chi connectivity index (χ4n) is 1.92. The normalized spacial score (nSPS) is 11.5. The minimum absolute atomic E-state index is 0.0843. The van der Waals surface area contributed by atoms with Gasteiger partial charge in [0, 0.05) is 13.1 Å². The van der Waals surface area contributed by atoms with Crippen molar-refractivity contribution in [3.63, 3.8) is 0 Å². The van der Waals surface area contributed by atoms with E-state index in [2.05, 4.69) is 16.0 Å². The predicted molar refractivity (Wildman–Crippen MR) is 82.4 cm³/mol. The molecule has 2 aromatic rings. The molecule has 1 atom stereocenters. The first-order valence-corrected chi connectivity index (χ1v) is 7.08. The lowest BCUT2D eigenvalue weighted by Crippen LogP contribution is -2.41. The number of rotatable bonds is 6. The van der Waals surface area contributed by atoms with Gasteiger partial charge in [-0.3, -0.25) is 4.79 Å². The summed E-state index contributed by atoms with van der Waals surface area (Å²) in [4.78, 5) is 23.3. The van der Waals surface area contributed by atoms with E-state index < -0.39 is 0 Å². The third-order valence-corrected chi connectivity index (χ3v) is 3.09. The van der Waals surface area contributed by atoms with Gasteiger partial charge < -0.3 is 20.4 Å². The molecule has 0 aliphatic carbocycles. The van der Waals surface area contributed by atoms with Crippen LogP contribution in [0.2, 0.25) is 0 Å². The van der Waals surface area contributed by atoms with Crippen molar-refractivity contribution in [3.05, 3.63) is 60.1 Å². The molecule has 3 N–H and O–H groups in total. The lowest BCUT2D eigenvalue weighted by molar-refractivity contribution is 0.0926. The Morgan fingerprint density at radius 1 is 1.05 bits per heavy atom. The average Bonchev–Trinajstić information content (AvgIpc) is 3.06. The van der Waals surface area contributed by atoms with Gasteiger partial charge in [0.25, 0.3) is 5.91 Å². The first-order valence-electron chi connectivity index (χ1n) is 7.08. The Kier molecular flexibility index (Phi) is 5.59. The number of amides is 3. The van der Waals surface area contributed by atoms with Crippen molar-refractivity contribution in [1.82, 2.24) is 16.0 Å². The van der Waals surface area contributed by atoms with Crippen molar-refractivity contribution in [2.45, 2.75) is 13.0 Å². The van der Waals surface area contributed by atoms with Crippen molar-refractivity contribution in [2.24, 2.45) is 0 Å². The zero-order valence-electron chi connectivity index (χ0n) is 12.3. The number of carbonyl (C=O) groups excluding carboxylic acids is 2. The third kappa shape index (κ3) is 4.66. The number of furan rings is 1. The lowest BCUT2D eigenvalue weighted by Gasteiger charge is -2.15. The second-order valence-electron chi connectivity index (χ2n) is 4.77. The van der Waals surface area contributed by atoms with E-state index in [1.54, 1.807) is 12.1 Å². The summed E-state index contributed by atoms with van der Waals surface area (Å²) in [7, 11) is 0. The highest BCUT2D eigenvalue weighted by molar-refractivity contribution is 5.91. The van der Waals surface area contributed by atoms with Gasteiger partial charge in [0.05, 0.1) is 12.3 Å². The monoisotopic (exact) mass is 301 g/mol. The number of carbonyl (C=O) groups is 2. The maximum Gasteiger partial charge on any atom is 0.315 e. The quantitative estimate of drug-likeness (QED) is 0.714. The van der Waals surface area contributed by atoms with Crippen molar-refractivity contribution in [3.8, 4) is 0 Å². The fraction of sp³-hybridized carbons (Fsp3) is 0.250. The Balaban J connectivity index is 1.65. The summed E-state index contributed by atoms with van der Waals surface area (Å²) >= 11 is 0. The molecule has 0 aliphatic rings. The van der Waals surface area contributed by atoms with E-state index in [4.69, 9.17) is 4.42 Å². The molecular weight excluding hydrogens is 282 g/mol. The molecule has 6 nitrogen and oxygen atoms in total. The smallest absolute Gasteiger partial charge is 0.315 e. The summed E-state index contributed by atoms with van der Waals surface area (Å²) in [5.41, 5.74) is 1.03. The Morgan fingerprint density at radius 2 is 1.77 bits per heavy atom. The molecule has 1 aromatic carbocycles. The van der Waals surface area contributed by atoms with E-state index in [9.17, 15) is 9.59 Å². The van der Waals surface area contributed by atoms with Crippen LogP contribution in [0.4, 0.5) is 4.79 Å². The van der Waals surface area contributed by atoms with Gasteiger partial charge in [-0.2, -0.15) is 0 Å². The summed E-state index contributed by atoms with van der Waals surface area (Å²) in [5.74, 6) is -0.0491. The van der Waals surface area contributed by atoms with E-state index in [0.29, 0.717) is 13.1 Å². The van der Waals surface area contributed by atoms with Crippen LogP contribution in [0.15, 0.2) is 53.1 Å². The largest absolute Gasteiger partial charge is 0.459 e. The molecule has 0 saturated heterocycles. The van der Waals surface area contributed by atoms with Gasteiger partial charge >= 0.3 is 6.03 Å². The van der Waals surface area contributed by atoms with Gasteiger partial charge in [-0.15, -0.1) is 0 Å². The van der Waals surface area contributed by atoms with Gasteiger partial charge in [-0.1, -0.05) is 30.3 Å². The highest BCUT2D eigenvalue weighted by Crippen LogP contribution is 2.10. The van der Waals surface area contributed by atoms with Crippen LogP contribution in [0.3, 0.4) is 0 Å². The van der Waals surface area contributed by atoms with Crippen LogP contribution < -0.4 is 16.0 Å². The van der Waals surface area contributed by atoms with Gasteiger partial charge in [0.1, 0.15) is 0 Å². The molecular formula is C16H19N3O3. The molecule has 0 aliphatic heterocycles. The average molecular weight is 301 g/mol. The molecule has 6 heteroatoms. The Hall–Kier alpha value is -2.76. The topological polar surface area (TPSA) is 83.4 Å². The van der Waals surface area contributed by atoms with E-state index >= 15 is 0 Å². The molecule has 2 rings (SSSR count). The first-order chi connectivity index (χ1) is 10.7. The minimum Gasteiger partial charge on any atom is -0.459 e. The number of hydrogen-bond donors (Lipinski definition) is 3. The zero-order chi connectivity index (χ0) is 15.8. The van der Waals surface area contributed by atoms with Crippen LogP contribution in [-0.2, 0) is 0 Å². The zero-order valence-corrected chi connectivity index (χ0v) is 12.3. The van der Waals surface area contributed by atoms with E-state index in [1.807, 2.05) is 37.3 Å². The number of urea groups is 1. The minimum atomic E-state index is -0.301. The first kappa shape index (κ1) is 15.6. The van der Waals surface area contributed by atoms with Gasteiger partial charge in [0.15, 0.2) is 5.76 Å². The SMILES string of the molecule is CC(NC(=O)NCCNC(=O)c1ccco1)c1ccccc1. The second-order valence-corrected chi connectivity index (χ2v) is 4.77. The molecule has 0 radical (unpaired) electrons. The van der Waals surface area contributed by atoms with Crippen molar-refractivity contribution >= 4 is 11.9 Å². The van der Waals surface area contributed by atoms with Crippen molar-refractivity contribution in [1.29, 1.82) is 0 Å². The lowest BCUT2D eigenvalue weighted by atomic mass is 10.1. The highest BCUT2D eigenvalue weighted by Gasteiger charge is 2.09. The Morgan fingerprint density at radius 3 is 2.45 bits per heavy atom. The van der Waals surface area contributed by atoms with E-state index in [-0.39, 0.29) is 23.7 Å².